The van der Waals surface area contributed by atoms with Crippen LogP contribution in [0.2, 0.25) is 0 Å². The van der Waals surface area contributed by atoms with E-state index in [1.54, 1.807) is 0 Å². The van der Waals surface area contributed by atoms with Gasteiger partial charge in [-0.15, -0.1) is 0 Å². The van der Waals surface area contributed by atoms with Crippen molar-refractivity contribution >= 4 is 23.5 Å². The maximum absolute atomic E-state index is 12.4. The summed E-state index contributed by atoms with van der Waals surface area (Å²) in [6, 6.07) is 7.70. The highest BCUT2D eigenvalue weighted by Crippen LogP contribution is 2.34. The number of benzene rings is 1. The number of hydrogen-bond donors (Lipinski definition) is 3. The Morgan fingerprint density at radius 2 is 2.08 bits per heavy atom. The first kappa shape index (κ1) is 18.4. The number of carboxylic acids is 1. The molecule has 1 saturated carbocycles. The number of carbonyl (C=O) groups excluding carboxylic acids is 2. The van der Waals surface area contributed by atoms with Gasteiger partial charge in [0.2, 0.25) is 11.8 Å². The topological polar surface area (TPSA) is 95.5 Å². The van der Waals surface area contributed by atoms with Crippen LogP contribution in [-0.4, -0.2) is 28.4 Å². The van der Waals surface area contributed by atoms with Crippen molar-refractivity contribution < 1.29 is 19.5 Å². The van der Waals surface area contributed by atoms with Gasteiger partial charge in [-0.2, -0.15) is 0 Å². The highest BCUT2D eigenvalue weighted by Gasteiger charge is 2.42. The number of para-hydroxylation sites is 1. The standard InChI is InChI=1S/C20H26N2O4/c1-20(11-5-4-7-15(20)19(25)26)22-17(23)10-9-14-12-13-6-2-3-8-16(13)21-18(14)24/h2-3,6,8,14-15H,4-5,7,9-12H2,1H3,(H,21,24)(H,22,23)(H,25,26). The first-order valence-electron chi connectivity index (χ1n) is 9.31. The minimum absolute atomic E-state index is 0.0520. The number of hydrogen-bond acceptors (Lipinski definition) is 3. The Labute approximate surface area is 153 Å². The number of amides is 2. The van der Waals surface area contributed by atoms with Gasteiger partial charge in [-0.3, -0.25) is 14.4 Å². The van der Waals surface area contributed by atoms with Crippen LogP contribution in [0.5, 0.6) is 0 Å². The normalized spacial score (nSPS) is 28.0. The zero-order chi connectivity index (χ0) is 18.7. The van der Waals surface area contributed by atoms with Gasteiger partial charge in [0.15, 0.2) is 0 Å². The Balaban J connectivity index is 1.57. The molecule has 0 saturated heterocycles. The van der Waals surface area contributed by atoms with Crippen LogP contribution in [0.1, 0.15) is 51.0 Å². The summed E-state index contributed by atoms with van der Waals surface area (Å²) in [4.78, 5) is 36.2. The minimum atomic E-state index is -0.851. The number of fused-ring (bicyclic) bond motifs is 1. The van der Waals surface area contributed by atoms with Crippen LogP contribution in [0.15, 0.2) is 24.3 Å². The molecular weight excluding hydrogens is 332 g/mol. The van der Waals surface area contributed by atoms with Gasteiger partial charge in [-0.25, -0.2) is 0 Å². The second-order valence-electron chi connectivity index (χ2n) is 7.69. The molecule has 3 unspecified atom stereocenters. The smallest absolute Gasteiger partial charge is 0.308 e. The summed E-state index contributed by atoms with van der Waals surface area (Å²) in [5, 5.41) is 15.3. The number of nitrogens with one attached hydrogen (secondary N) is 2. The van der Waals surface area contributed by atoms with Gasteiger partial charge in [0.25, 0.3) is 0 Å². The molecule has 1 fully saturated rings. The van der Waals surface area contributed by atoms with E-state index >= 15 is 0 Å². The van der Waals surface area contributed by atoms with Gasteiger partial charge in [0.1, 0.15) is 0 Å². The number of aliphatic carboxylic acids is 1. The Morgan fingerprint density at radius 3 is 2.85 bits per heavy atom. The molecule has 2 amide bonds. The summed E-state index contributed by atoms with van der Waals surface area (Å²) in [7, 11) is 0. The van der Waals surface area contributed by atoms with Crippen molar-refractivity contribution in [2.45, 2.75) is 57.4 Å². The Bertz CT molecular complexity index is 718. The average molecular weight is 358 g/mol. The molecule has 140 valence electrons. The van der Waals surface area contributed by atoms with E-state index < -0.39 is 17.4 Å². The maximum Gasteiger partial charge on any atom is 0.308 e. The van der Waals surface area contributed by atoms with E-state index in [0.717, 1.165) is 24.1 Å². The van der Waals surface area contributed by atoms with Crippen LogP contribution in [0.4, 0.5) is 5.69 Å². The van der Waals surface area contributed by atoms with Crippen LogP contribution in [-0.2, 0) is 20.8 Å². The molecule has 1 heterocycles. The Hall–Kier alpha value is -2.37. The molecule has 1 aromatic rings. The molecule has 3 atom stereocenters. The summed E-state index contributed by atoms with van der Waals surface area (Å²) in [6.07, 6.45) is 4.37. The van der Waals surface area contributed by atoms with Crippen molar-refractivity contribution in [2.75, 3.05) is 5.32 Å². The summed E-state index contributed by atoms with van der Waals surface area (Å²) in [5.41, 5.74) is 1.22. The molecule has 3 rings (SSSR count). The van der Waals surface area contributed by atoms with Gasteiger partial charge in [-0.1, -0.05) is 31.0 Å². The van der Waals surface area contributed by atoms with Gasteiger partial charge in [-0.05, 0) is 44.2 Å². The number of carboxylic acid groups (broad SMARTS) is 1. The molecule has 0 bridgehead atoms. The molecule has 6 nitrogen and oxygen atoms in total. The van der Waals surface area contributed by atoms with Gasteiger partial charge in [0, 0.05) is 18.0 Å². The lowest BCUT2D eigenvalue weighted by atomic mass is 9.73. The second kappa shape index (κ2) is 7.48. The summed E-state index contributed by atoms with van der Waals surface area (Å²) >= 11 is 0. The lowest BCUT2D eigenvalue weighted by Gasteiger charge is -2.40. The largest absolute Gasteiger partial charge is 0.481 e. The number of rotatable bonds is 5. The van der Waals surface area contributed by atoms with Crippen molar-refractivity contribution in [3.8, 4) is 0 Å². The maximum atomic E-state index is 12.4. The molecule has 1 aromatic carbocycles. The SMILES string of the molecule is CC1(NC(=O)CCC2Cc3ccccc3NC2=O)CCCCC1C(=O)O. The average Bonchev–Trinajstić information content (AvgIpc) is 2.59. The van der Waals surface area contributed by atoms with E-state index in [1.807, 2.05) is 31.2 Å². The summed E-state index contributed by atoms with van der Waals surface area (Å²) in [6.45, 7) is 1.83. The number of carbonyl (C=O) groups is 3. The fourth-order valence-electron chi connectivity index (χ4n) is 4.21. The molecule has 1 aliphatic carbocycles. The van der Waals surface area contributed by atoms with Crippen LogP contribution in [0.25, 0.3) is 0 Å². The van der Waals surface area contributed by atoms with E-state index in [2.05, 4.69) is 10.6 Å². The quantitative estimate of drug-likeness (QED) is 0.754. The predicted molar refractivity (Wildman–Crippen MR) is 97.6 cm³/mol. The van der Waals surface area contributed by atoms with Gasteiger partial charge in [0.05, 0.1) is 11.5 Å². The van der Waals surface area contributed by atoms with Gasteiger partial charge < -0.3 is 15.7 Å². The van der Waals surface area contributed by atoms with Crippen molar-refractivity contribution in [1.82, 2.24) is 5.32 Å². The van der Waals surface area contributed by atoms with E-state index in [-0.39, 0.29) is 24.2 Å². The minimum Gasteiger partial charge on any atom is -0.481 e. The highest BCUT2D eigenvalue weighted by molar-refractivity contribution is 5.96. The fourth-order valence-corrected chi connectivity index (χ4v) is 4.21. The number of anilines is 1. The molecule has 26 heavy (non-hydrogen) atoms. The Morgan fingerprint density at radius 1 is 1.31 bits per heavy atom. The van der Waals surface area contributed by atoms with E-state index in [9.17, 15) is 19.5 Å². The van der Waals surface area contributed by atoms with Crippen LogP contribution >= 0.6 is 0 Å². The van der Waals surface area contributed by atoms with Crippen molar-refractivity contribution in [2.24, 2.45) is 11.8 Å². The molecule has 0 spiro atoms. The molecule has 0 radical (unpaired) electrons. The predicted octanol–water partition coefficient (Wildman–Crippen LogP) is 2.73. The Kier molecular flexibility index (Phi) is 5.30. The van der Waals surface area contributed by atoms with Gasteiger partial charge >= 0.3 is 5.97 Å². The van der Waals surface area contributed by atoms with E-state index in [0.29, 0.717) is 25.7 Å². The zero-order valence-electron chi connectivity index (χ0n) is 15.1. The molecular formula is C20H26N2O4. The third-order valence-corrected chi connectivity index (χ3v) is 5.76. The first-order valence-corrected chi connectivity index (χ1v) is 9.31. The molecule has 0 aromatic heterocycles. The van der Waals surface area contributed by atoms with Crippen LogP contribution < -0.4 is 10.6 Å². The first-order chi connectivity index (χ1) is 12.4. The second-order valence-corrected chi connectivity index (χ2v) is 7.69. The third-order valence-electron chi connectivity index (χ3n) is 5.76. The highest BCUT2D eigenvalue weighted by atomic mass is 16.4. The fraction of sp³-hybridized carbons (Fsp3) is 0.550. The molecule has 6 heteroatoms. The van der Waals surface area contributed by atoms with Crippen molar-refractivity contribution in [3.05, 3.63) is 29.8 Å². The van der Waals surface area contributed by atoms with E-state index in [1.165, 1.54) is 0 Å². The monoisotopic (exact) mass is 358 g/mol. The lowest BCUT2D eigenvalue weighted by Crippen LogP contribution is -2.55. The molecule has 3 N–H and O–H groups in total. The van der Waals surface area contributed by atoms with E-state index in [4.69, 9.17) is 0 Å². The third kappa shape index (κ3) is 3.89. The molecule has 2 aliphatic rings. The summed E-state index contributed by atoms with van der Waals surface area (Å²) < 4.78 is 0. The lowest BCUT2D eigenvalue weighted by molar-refractivity contribution is -0.146. The van der Waals surface area contributed by atoms with Crippen molar-refractivity contribution in [1.29, 1.82) is 0 Å². The zero-order valence-corrected chi connectivity index (χ0v) is 15.1. The van der Waals surface area contributed by atoms with Crippen LogP contribution in [0.3, 0.4) is 0 Å². The van der Waals surface area contributed by atoms with Crippen molar-refractivity contribution in [3.63, 3.8) is 0 Å². The summed E-state index contributed by atoms with van der Waals surface area (Å²) in [5.74, 6) is -1.86. The molecule has 1 aliphatic heterocycles. The van der Waals surface area contributed by atoms with Crippen LogP contribution in [0, 0.1) is 11.8 Å².